The SMILES string of the molecule is CN1CCOC(CNc2ncnc(N)c2[N+](=O)[O-])C1. The summed E-state index contributed by atoms with van der Waals surface area (Å²) in [6.45, 7) is 2.73. The van der Waals surface area contributed by atoms with E-state index in [4.69, 9.17) is 10.5 Å². The predicted molar refractivity (Wildman–Crippen MR) is 68.8 cm³/mol. The maximum Gasteiger partial charge on any atom is 0.352 e. The van der Waals surface area contributed by atoms with Gasteiger partial charge in [0.05, 0.1) is 17.6 Å². The number of rotatable bonds is 4. The number of hydrogen-bond donors (Lipinski definition) is 2. The molecule has 9 nitrogen and oxygen atoms in total. The number of ether oxygens (including phenoxy) is 1. The van der Waals surface area contributed by atoms with Gasteiger partial charge in [0, 0.05) is 19.6 Å². The van der Waals surface area contributed by atoms with Gasteiger partial charge in [0.25, 0.3) is 0 Å². The smallest absolute Gasteiger partial charge is 0.352 e. The molecule has 0 saturated carbocycles. The van der Waals surface area contributed by atoms with Gasteiger partial charge in [0.1, 0.15) is 6.33 Å². The number of nitrogens with one attached hydrogen (secondary N) is 1. The molecule has 1 aromatic heterocycles. The van der Waals surface area contributed by atoms with Gasteiger partial charge in [0.15, 0.2) is 0 Å². The standard InChI is InChI=1S/C10H16N6O3/c1-15-2-3-19-7(5-15)4-12-10-8(16(17)18)9(11)13-6-14-10/h6-7H,2-5H2,1H3,(H3,11,12,13,14). The van der Waals surface area contributed by atoms with Crippen LogP contribution < -0.4 is 11.1 Å². The maximum atomic E-state index is 10.9. The molecule has 0 spiro atoms. The normalized spacial score (nSPS) is 20.2. The summed E-state index contributed by atoms with van der Waals surface area (Å²) in [5.41, 5.74) is 5.18. The van der Waals surface area contributed by atoms with E-state index in [1.165, 1.54) is 6.33 Å². The first-order valence-electron chi connectivity index (χ1n) is 5.87. The van der Waals surface area contributed by atoms with Crippen molar-refractivity contribution in [1.29, 1.82) is 0 Å². The lowest BCUT2D eigenvalue weighted by Gasteiger charge is -2.30. The lowest BCUT2D eigenvalue weighted by Crippen LogP contribution is -2.43. The van der Waals surface area contributed by atoms with Gasteiger partial charge < -0.3 is 20.7 Å². The Bertz CT molecular complexity index is 469. The third-order valence-electron chi connectivity index (χ3n) is 2.87. The van der Waals surface area contributed by atoms with Crippen molar-refractivity contribution in [3.8, 4) is 0 Å². The topological polar surface area (TPSA) is 119 Å². The van der Waals surface area contributed by atoms with Gasteiger partial charge in [-0.3, -0.25) is 10.1 Å². The molecular formula is C10H16N6O3. The van der Waals surface area contributed by atoms with Crippen LogP contribution in [0.25, 0.3) is 0 Å². The molecule has 19 heavy (non-hydrogen) atoms. The summed E-state index contributed by atoms with van der Waals surface area (Å²) in [5, 5.41) is 13.8. The van der Waals surface area contributed by atoms with Crippen LogP contribution in [0.4, 0.5) is 17.3 Å². The summed E-state index contributed by atoms with van der Waals surface area (Å²) < 4.78 is 5.55. The van der Waals surface area contributed by atoms with Crippen LogP contribution in [0.1, 0.15) is 0 Å². The minimum atomic E-state index is -0.592. The van der Waals surface area contributed by atoms with Crippen molar-refractivity contribution >= 4 is 17.3 Å². The van der Waals surface area contributed by atoms with Crippen LogP contribution in [0, 0.1) is 10.1 Å². The van der Waals surface area contributed by atoms with Crippen molar-refractivity contribution in [2.24, 2.45) is 0 Å². The summed E-state index contributed by atoms with van der Waals surface area (Å²) in [6.07, 6.45) is 1.16. The Labute approximate surface area is 109 Å². The molecule has 2 heterocycles. The van der Waals surface area contributed by atoms with Crippen molar-refractivity contribution in [3.63, 3.8) is 0 Å². The van der Waals surface area contributed by atoms with E-state index >= 15 is 0 Å². The van der Waals surface area contributed by atoms with Crippen LogP contribution in [0.15, 0.2) is 6.33 Å². The van der Waals surface area contributed by atoms with E-state index in [0.717, 1.165) is 13.1 Å². The van der Waals surface area contributed by atoms with Crippen LogP contribution >= 0.6 is 0 Å². The Kier molecular flexibility index (Phi) is 4.07. The molecule has 1 aliphatic rings. The molecular weight excluding hydrogens is 252 g/mol. The van der Waals surface area contributed by atoms with Crippen molar-refractivity contribution in [2.75, 3.05) is 44.3 Å². The summed E-state index contributed by atoms with van der Waals surface area (Å²) in [6, 6.07) is 0. The van der Waals surface area contributed by atoms with Crippen LogP contribution in [-0.2, 0) is 4.74 Å². The molecule has 1 fully saturated rings. The number of nitrogens with zero attached hydrogens (tertiary/aromatic N) is 4. The molecule has 1 saturated heterocycles. The third-order valence-corrected chi connectivity index (χ3v) is 2.87. The number of nitrogens with two attached hydrogens (primary N) is 1. The van der Waals surface area contributed by atoms with Crippen molar-refractivity contribution in [2.45, 2.75) is 6.10 Å². The lowest BCUT2D eigenvalue weighted by molar-refractivity contribution is -0.383. The molecule has 1 aromatic rings. The van der Waals surface area contributed by atoms with Crippen molar-refractivity contribution in [1.82, 2.24) is 14.9 Å². The fraction of sp³-hybridized carbons (Fsp3) is 0.600. The first-order chi connectivity index (χ1) is 9.08. The van der Waals surface area contributed by atoms with E-state index < -0.39 is 4.92 Å². The summed E-state index contributed by atoms with van der Waals surface area (Å²) in [7, 11) is 2.00. The average molecular weight is 268 g/mol. The highest BCUT2D eigenvalue weighted by molar-refractivity contribution is 5.67. The van der Waals surface area contributed by atoms with Gasteiger partial charge in [-0.05, 0) is 7.05 Å². The highest BCUT2D eigenvalue weighted by atomic mass is 16.6. The van der Waals surface area contributed by atoms with E-state index in [-0.39, 0.29) is 23.4 Å². The molecule has 3 N–H and O–H groups in total. The number of aromatic nitrogens is 2. The van der Waals surface area contributed by atoms with E-state index in [0.29, 0.717) is 13.2 Å². The second-order valence-electron chi connectivity index (χ2n) is 4.35. The van der Waals surface area contributed by atoms with Crippen LogP contribution in [-0.4, -0.2) is 59.2 Å². The molecule has 2 rings (SSSR count). The Hall–Kier alpha value is -2.00. The third kappa shape index (κ3) is 3.26. The van der Waals surface area contributed by atoms with Gasteiger partial charge in [-0.1, -0.05) is 0 Å². The fourth-order valence-electron chi connectivity index (χ4n) is 1.90. The first kappa shape index (κ1) is 13.4. The highest BCUT2D eigenvalue weighted by Gasteiger charge is 2.23. The highest BCUT2D eigenvalue weighted by Crippen LogP contribution is 2.26. The quantitative estimate of drug-likeness (QED) is 0.564. The van der Waals surface area contributed by atoms with Gasteiger partial charge in [0.2, 0.25) is 11.6 Å². The molecule has 0 bridgehead atoms. The maximum absolute atomic E-state index is 10.9. The van der Waals surface area contributed by atoms with Gasteiger partial charge in [-0.2, -0.15) is 0 Å². The number of nitro groups is 1. The van der Waals surface area contributed by atoms with Crippen molar-refractivity contribution < 1.29 is 9.66 Å². The molecule has 0 radical (unpaired) electrons. The average Bonchev–Trinajstić information content (AvgIpc) is 2.36. The Balaban J connectivity index is 2.03. The minimum absolute atomic E-state index is 0.0328. The second-order valence-corrected chi connectivity index (χ2v) is 4.35. The van der Waals surface area contributed by atoms with Crippen LogP contribution in [0.3, 0.4) is 0 Å². The summed E-state index contributed by atoms with van der Waals surface area (Å²) in [5.74, 6) is -0.0292. The zero-order chi connectivity index (χ0) is 13.8. The Morgan fingerprint density at radius 2 is 2.47 bits per heavy atom. The van der Waals surface area contributed by atoms with Crippen molar-refractivity contribution in [3.05, 3.63) is 16.4 Å². The predicted octanol–water partition coefficient (Wildman–Crippen LogP) is -0.290. The first-order valence-corrected chi connectivity index (χ1v) is 5.87. The molecule has 0 aliphatic carbocycles. The summed E-state index contributed by atoms with van der Waals surface area (Å²) in [4.78, 5) is 19.9. The number of likely N-dealkylation sites (N-methyl/N-ethyl adjacent to an activating group) is 1. The molecule has 1 aliphatic heterocycles. The van der Waals surface area contributed by atoms with E-state index in [2.05, 4.69) is 20.2 Å². The number of hydrogen-bond acceptors (Lipinski definition) is 8. The Morgan fingerprint density at radius 1 is 1.68 bits per heavy atom. The Morgan fingerprint density at radius 3 is 3.16 bits per heavy atom. The molecule has 1 atom stereocenters. The largest absolute Gasteiger partial charge is 0.378 e. The van der Waals surface area contributed by atoms with Crippen LogP contribution in [0.5, 0.6) is 0 Å². The minimum Gasteiger partial charge on any atom is -0.378 e. The van der Waals surface area contributed by atoms with Gasteiger partial charge in [-0.25, -0.2) is 9.97 Å². The molecule has 9 heteroatoms. The fourth-order valence-corrected chi connectivity index (χ4v) is 1.90. The number of morpholine rings is 1. The molecule has 0 amide bonds. The number of anilines is 2. The zero-order valence-electron chi connectivity index (χ0n) is 10.6. The molecule has 1 unspecified atom stereocenters. The van der Waals surface area contributed by atoms with Crippen LogP contribution in [0.2, 0.25) is 0 Å². The van der Waals surface area contributed by atoms with Gasteiger partial charge in [-0.15, -0.1) is 0 Å². The van der Waals surface area contributed by atoms with E-state index in [9.17, 15) is 10.1 Å². The number of nitrogen functional groups attached to an aromatic ring is 1. The molecule has 104 valence electrons. The van der Waals surface area contributed by atoms with E-state index in [1.54, 1.807) is 0 Å². The molecule has 0 aromatic carbocycles. The monoisotopic (exact) mass is 268 g/mol. The lowest BCUT2D eigenvalue weighted by atomic mass is 10.3. The zero-order valence-corrected chi connectivity index (χ0v) is 10.6. The van der Waals surface area contributed by atoms with E-state index in [1.807, 2.05) is 7.05 Å². The van der Waals surface area contributed by atoms with Gasteiger partial charge >= 0.3 is 5.69 Å². The second kappa shape index (κ2) is 5.76. The summed E-state index contributed by atoms with van der Waals surface area (Å²) >= 11 is 0.